The molecule has 1 aromatic carbocycles. The van der Waals surface area contributed by atoms with Crippen molar-refractivity contribution in [2.75, 3.05) is 11.9 Å². The van der Waals surface area contributed by atoms with Gasteiger partial charge in [-0.2, -0.15) is 0 Å². The molecule has 1 saturated carbocycles. The number of carbonyl (C=O) groups is 2. The van der Waals surface area contributed by atoms with Crippen molar-refractivity contribution in [1.29, 1.82) is 0 Å². The fraction of sp³-hybridized carbons (Fsp3) is 0.529. The minimum Gasteiger partial charge on any atom is -0.482 e. The monoisotopic (exact) mass is 305 g/mol. The van der Waals surface area contributed by atoms with Gasteiger partial charge in [-0.25, -0.2) is 4.79 Å². The summed E-state index contributed by atoms with van der Waals surface area (Å²) in [5.74, 6) is 0.221. The maximum atomic E-state index is 12.0. The Morgan fingerprint density at radius 3 is 2.68 bits per heavy atom. The average molecular weight is 305 g/mol. The Morgan fingerprint density at radius 1 is 1.32 bits per heavy atom. The summed E-state index contributed by atoms with van der Waals surface area (Å²) >= 11 is 0. The molecule has 5 heteroatoms. The SMILES string of the molecule is Cc1cc(OCC(=O)O)ccc1NC(=O)CCC1CCCC1. The number of aryl methyl sites for hydroxylation is 1. The van der Waals surface area contributed by atoms with E-state index in [9.17, 15) is 9.59 Å². The number of carboxylic acid groups (broad SMARTS) is 1. The van der Waals surface area contributed by atoms with E-state index in [0.717, 1.165) is 17.7 Å². The second-order valence-electron chi connectivity index (χ2n) is 5.90. The van der Waals surface area contributed by atoms with Crippen LogP contribution in [0.2, 0.25) is 0 Å². The number of benzene rings is 1. The molecule has 0 saturated heterocycles. The van der Waals surface area contributed by atoms with Crippen LogP contribution in [-0.2, 0) is 9.59 Å². The summed E-state index contributed by atoms with van der Waals surface area (Å²) in [6, 6.07) is 5.15. The van der Waals surface area contributed by atoms with Gasteiger partial charge in [0.1, 0.15) is 5.75 Å². The van der Waals surface area contributed by atoms with Crippen molar-refractivity contribution in [1.82, 2.24) is 0 Å². The molecular formula is C17H23NO4. The van der Waals surface area contributed by atoms with E-state index < -0.39 is 5.97 Å². The maximum absolute atomic E-state index is 12.0. The molecule has 1 aromatic rings. The van der Waals surface area contributed by atoms with Crippen molar-refractivity contribution < 1.29 is 19.4 Å². The lowest BCUT2D eigenvalue weighted by molar-refractivity contribution is -0.139. The number of aliphatic carboxylic acids is 1. The molecule has 2 N–H and O–H groups in total. The van der Waals surface area contributed by atoms with Crippen LogP contribution < -0.4 is 10.1 Å². The molecule has 2 rings (SSSR count). The summed E-state index contributed by atoms with van der Waals surface area (Å²) in [7, 11) is 0. The predicted molar refractivity (Wildman–Crippen MR) is 84.1 cm³/mol. The van der Waals surface area contributed by atoms with Crippen molar-refractivity contribution in [3.63, 3.8) is 0 Å². The average Bonchev–Trinajstić information content (AvgIpc) is 2.99. The van der Waals surface area contributed by atoms with Gasteiger partial charge in [-0.05, 0) is 43.0 Å². The van der Waals surface area contributed by atoms with Gasteiger partial charge in [0.2, 0.25) is 5.91 Å². The molecule has 0 aliphatic heterocycles. The summed E-state index contributed by atoms with van der Waals surface area (Å²) < 4.78 is 5.11. The van der Waals surface area contributed by atoms with E-state index in [0.29, 0.717) is 18.1 Å². The van der Waals surface area contributed by atoms with Gasteiger partial charge in [-0.15, -0.1) is 0 Å². The number of carboxylic acids is 1. The third-order valence-electron chi connectivity index (χ3n) is 4.09. The summed E-state index contributed by atoms with van der Waals surface area (Å²) in [6.07, 6.45) is 6.61. The lowest BCUT2D eigenvalue weighted by Gasteiger charge is -2.12. The van der Waals surface area contributed by atoms with Gasteiger partial charge in [0.15, 0.2) is 6.61 Å². The van der Waals surface area contributed by atoms with E-state index in [1.165, 1.54) is 25.7 Å². The Bertz CT molecular complexity index is 535. The van der Waals surface area contributed by atoms with Crippen LogP contribution in [0.25, 0.3) is 0 Å². The molecule has 120 valence electrons. The van der Waals surface area contributed by atoms with Gasteiger partial charge in [-0.3, -0.25) is 4.79 Å². The summed E-state index contributed by atoms with van der Waals surface area (Å²) in [6.45, 7) is 1.49. The molecule has 0 aromatic heterocycles. The predicted octanol–water partition coefficient (Wildman–Crippen LogP) is 3.37. The van der Waals surface area contributed by atoms with Gasteiger partial charge in [-0.1, -0.05) is 25.7 Å². The first-order valence-electron chi connectivity index (χ1n) is 7.79. The number of hydrogen-bond donors (Lipinski definition) is 2. The Kier molecular flexibility index (Phi) is 5.81. The molecule has 0 atom stereocenters. The van der Waals surface area contributed by atoms with Crippen molar-refractivity contribution in [2.24, 2.45) is 5.92 Å². The number of carbonyl (C=O) groups excluding carboxylic acids is 1. The van der Waals surface area contributed by atoms with Gasteiger partial charge < -0.3 is 15.2 Å². The zero-order valence-corrected chi connectivity index (χ0v) is 12.9. The molecular weight excluding hydrogens is 282 g/mol. The highest BCUT2D eigenvalue weighted by molar-refractivity contribution is 5.91. The molecule has 0 spiro atoms. The first-order chi connectivity index (χ1) is 10.5. The Morgan fingerprint density at radius 2 is 2.05 bits per heavy atom. The van der Waals surface area contributed by atoms with Crippen molar-refractivity contribution >= 4 is 17.6 Å². The molecule has 0 unspecified atom stereocenters. The highest BCUT2D eigenvalue weighted by Crippen LogP contribution is 2.29. The smallest absolute Gasteiger partial charge is 0.341 e. The topological polar surface area (TPSA) is 75.6 Å². The van der Waals surface area contributed by atoms with E-state index >= 15 is 0 Å². The molecule has 1 aliphatic carbocycles. The fourth-order valence-electron chi connectivity index (χ4n) is 2.86. The van der Waals surface area contributed by atoms with Crippen LogP contribution >= 0.6 is 0 Å². The summed E-state index contributed by atoms with van der Waals surface area (Å²) in [5.41, 5.74) is 1.61. The van der Waals surface area contributed by atoms with E-state index in [4.69, 9.17) is 9.84 Å². The van der Waals surface area contributed by atoms with E-state index in [-0.39, 0.29) is 12.5 Å². The minimum absolute atomic E-state index is 0.0363. The highest BCUT2D eigenvalue weighted by atomic mass is 16.5. The number of ether oxygens (including phenoxy) is 1. The Balaban J connectivity index is 1.83. The number of rotatable bonds is 7. The molecule has 0 bridgehead atoms. The minimum atomic E-state index is -1.01. The van der Waals surface area contributed by atoms with Gasteiger partial charge in [0, 0.05) is 12.1 Å². The third kappa shape index (κ3) is 5.06. The summed E-state index contributed by atoms with van der Waals surface area (Å²) in [5, 5.41) is 11.5. The first kappa shape index (κ1) is 16.3. The van der Waals surface area contributed by atoms with Crippen molar-refractivity contribution in [2.45, 2.75) is 45.4 Å². The van der Waals surface area contributed by atoms with Gasteiger partial charge >= 0.3 is 5.97 Å². The van der Waals surface area contributed by atoms with Crippen LogP contribution in [0, 0.1) is 12.8 Å². The van der Waals surface area contributed by atoms with Crippen LogP contribution in [-0.4, -0.2) is 23.6 Å². The molecule has 0 radical (unpaired) electrons. The number of hydrogen-bond acceptors (Lipinski definition) is 3. The van der Waals surface area contributed by atoms with Gasteiger partial charge in [0.25, 0.3) is 0 Å². The third-order valence-corrected chi connectivity index (χ3v) is 4.09. The van der Waals surface area contributed by atoms with Crippen LogP contribution in [0.5, 0.6) is 5.75 Å². The zero-order valence-electron chi connectivity index (χ0n) is 12.9. The van der Waals surface area contributed by atoms with Crippen molar-refractivity contribution in [3.05, 3.63) is 23.8 Å². The number of amides is 1. The van der Waals surface area contributed by atoms with E-state index in [1.54, 1.807) is 18.2 Å². The van der Waals surface area contributed by atoms with Crippen LogP contribution in [0.1, 0.15) is 44.1 Å². The molecule has 1 fully saturated rings. The second-order valence-corrected chi connectivity index (χ2v) is 5.90. The lowest BCUT2D eigenvalue weighted by Crippen LogP contribution is -2.14. The Hall–Kier alpha value is -2.04. The number of anilines is 1. The highest BCUT2D eigenvalue weighted by Gasteiger charge is 2.16. The zero-order chi connectivity index (χ0) is 15.9. The van der Waals surface area contributed by atoms with E-state index in [1.807, 2.05) is 6.92 Å². The van der Waals surface area contributed by atoms with Crippen LogP contribution in [0.4, 0.5) is 5.69 Å². The van der Waals surface area contributed by atoms with Gasteiger partial charge in [0.05, 0.1) is 0 Å². The van der Waals surface area contributed by atoms with Crippen LogP contribution in [0.3, 0.4) is 0 Å². The molecule has 22 heavy (non-hydrogen) atoms. The first-order valence-corrected chi connectivity index (χ1v) is 7.79. The maximum Gasteiger partial charge on any atom is 0.341 e. The van der Waals surface area contributed by atoms with E-state index in [2.05, 4.69) is 5.32 Å². The lowest BCUT2D eigenvalue weighted by atomic mass is 10.0. The fourth-order valence-corrected chi connectivity index (χ4v) is 2.86. The molecule has 0 heterocycles. The quantitative estimate of drug-likeness (QED) is 0.810. The molecule has 5 nitrogen and oxygen atoms in total. The normalized spacial score (nSPS) is 14.8. The molecule has 1 aliphatic rings. The Labute approximate surface area is 130 Å². The number of nitrogens with one attached hydrogen (secondary N) is 1. The standard InChI is InChI=1S/C17H23NO4/c1-12-10-14(22-11-17(20)21)7-8-15(12)18-16(19)9-6-13-4-2-3-5-13/h7-8,10,13H,2-6,9,11H2,1H3,(H,18,19)(H,20,21). The van der Waals surface area contributed by atoms with Crippen molar-refractivity contribution in [3.8, 4) is 5.75 Å². The molecule has 1 amide bonds. The largest absolute Gasteiger partial charge is 0.482 e. The van der Waals surface area contributed by atoms with Crippen LogP contribution in [0.15, 0.2) is 18.2 Å². The summed E-state index contributed by atoms with van der Waals surface area (Å²) in [4.78, 5) is 22.5. The second kappa shape index (κ2) is 7.82.